The van der Waals surface area contributed by atoms with Gasteiger partial charge in [0.2, 0.25) is 0 Å². The summed E-state index contributed by atoms with van der Waals surface area (Å²) in [4.78, 5) is 34.6. The molecule has 6 atom stereocenters. The molecule has 0 radical (unpaired) electrons. The largest absolute Gasteiger partial charge is 0.298 e. The van der Waals surface area contributed by atoms with E-state index in [2.05, 4.69) is 39.7 Å². The minimum Gasteiger partial charge on any atom is -0.298 e. The molecular formula is C29H33BrN2O2S. The molecule has 0 saturated heterocycles. The summed E-state index contributed by atoms with van der Waals surface area (Å²) in [6, 6.07) is 6.02. The Morgan fingerprint density at radius 3 is 2.80 bits per heavy atom. The Labute approximate surface area is 220 Å². The van der Waals surface area contributed by atoms with Gasteiger partial charge in [-0.25, -0.2) is 9.97 Å². The monoisotopic (exact) mass is 552 g/mol. The van der Waals surface area contributed by atoms with E-state index in [4.69, 9.17) is 0 Å². The Morgan fingerprint density at radius 1 is 1.09 bits per heavy atom. The number of nitrogens with zero attached hydrogens (tertiary/aromatic N) is 2. The van der Waals surface area contributed by atoms with Crippen LogP contribution in [0.5, 0.6) is 0 Å². The molecule has 35 heavy (non-hydrogen) atoms. The van der Waals surface area contributed by atoms with Crippen molar-refractivity contribution < 1.29 is 9.59 Å². The smallest absolute Gasteiger partial charge is 0.155 e. The van der Waals surface area contributed by atoms with Crippen LogP contribution >= 0.6 is 27.7 Å². The molecule has 4 aliphatic rings. The zero-order chi connectivity index (χ0) is 24.4. The Morgan fingerprint density at radius 2 is 1.94 bits per heavy atom. The molecule has 0 spiro atoms. The minimum absolute atomic E-state index is 0.109. The van der Waals surface area contributed by atoms with E-state index in [-0.39, 0.29) is 16.7 Å². The number of hydrogen-bond acceptors (Lipinski definition) is 5. The van der Waals surface area contributed by atoms with Crippen molar-refractivity contribution in [1.29, 1.82) is 0 Å². The predicted octanol–water partition coefficient (Wildman–Crippen LogP) is 7.20. The van der Waals surface area contributed by atoms with Crippen LogP contribution in [-0.4, -0.2) is 27.3 Å². The third-order valence-corrected chi connectivity index (χ3v) is 11.8. The maximum absolute atomic E-state index is 13.6. The van der Waals surface area contributed by atoms with E-state index in [0.29, 0.717) is 41.5 Å². The molecule has 184 valence electrons. The normalized spacial score (nSPS) is 36.3. The van der Waals surface area contributed by atoms with Crippen LogP contribution in [0.3, 0.4) is 0 Å². The highest BCUT2D eigenvalue weighted by atomic mass is 79.9. The van der Waals surface area contributed by atoms with E-state index >= 15 is 0 Å². The molecule has 0 bridgehead atoms. The van der Waals surface area contributed by atoms with Gasteiger partial charge in [0, 0.05) is 22.2 Å². The van der Waals surface area contributed by atoms with E-state index in [1.54, 1.807) is 18.1 Å². The number of aromatic nitrogens is 2. The minimum atomic E-state index is 0.109. The van der Waals surface area contributed by atoms with Crippen molar-refractivity contribution in [2.24, 2.45) is 34.5 Å². The number of thioether (sulfide) groups is 1. The van der Waals surface area contributed by atoms with Crippen LogP contribution in [0.15, 0.2) is 45.7 Å². The van der Waals surface area contributed by atoms with Gasteiger partial charge in [-0.2, -0.15) is 0 Å². The summed E-state index contributed by atoms with van der Waals surface area (Å²) < 4.78 is 0.998. The fourth-order valence-corrected chi connectivity index (χ4v) is 9.73. The average Bonchev–Trinajstić information content (AvgIpc) is 3.20. The molecular weight excluding hydrogens is 520 g/mol. The summed E-state index contributed by atoms with van der Waals surface area (Å²) in [6.45, 7) is 4.85. The number of benzene rings is 1. The summed E-state index contributed by atoms with van der Waals surface area (Å²) >= 11 is 5.12. The van der Waals surface area contributed by atoms with E-state index in [0.717, 1.165) is 46.1 Å². The molecule has 0 amide bonds. The number of allylic oxidation sites excluding steroid dienone is 1. The predicted molar refractivity (Wildman–Crippen MR) is 143 cm³/mol. The number of hydrogen-bond donors (Lipinski definition) is 0. The van der Waals surface area contributed by atoms with Crippen molar-refractivity contribution in [3.8, 4) is 0 Å². The SMILES string of the molecule is CC12CCC(=O)C=C1CCC1C2CCC2(C)C(C(=O)CSc3ncnc4ccc(Br)cc34)CCC12. The highest BCUT2D eigenvalue weighted by Crippen LogP contribution is 2.66. The van der Waals surface area contributed by atoms with Crippen LogP contribution in [-0.2, 0) is 9.59 Å². The first-order chi connectivity index (χ1) is 16.8. The van der Waals surface area contributed by atoms with Crippen molar-refractivity contribution in [3.63, 3.8) is 0 Å². The molecule has 1 aromatic carbocycles. The van der Waals surface area contributed by atoms with Crippen molar-refractivity contribution >= 4 is 50.2 Å². The van der Waals surface area contributed by atoms with Gasteiger partial charge in [-0.15, -0.1) is 0 Å². The topological polar surface area (TPSA) is 59.9 Å². The first kappa shape index (κ1) is 23.8. The standard InChI is InChI=1S/C29H33BrN2O2S/c1-28-11-9-19(33)13-17(28)3-5-20-22-6-7-24(29(22,2)12-10-23(20)28)26(34)15-35-27-21-14-18(30)4-8-25(21)31-16-32-27/h4,8,13-14,16,20,22-24H,3,5-7,9-12,15H2,1-2H3. The molecule has 6 rings (SSSR count). The zero-order valence-electron chi connectivity index (χ0n) is 20.6. The molecule has 2 aromatic rings. The maximum Gasteiger partial charge on any atom is 0.155 e. The lowest BCUT2D eigenvalue weighted by atomic mass is 9.46. The molecule has 1 aromatic heterocycles. The molecule has 0 N–H and O–H groups in total. The molecule has 3 saturated carbocycles. The summed E-state index contributed by atoms with van der Waals surface area (Å²) in [7, 11) is 0. The molecule has 0 aliphatic heterocycles. The van der Waals surface area contributed by atoms with Gasteiger partial charge in [-0.05, 0) is 97.8 Å². The summed E-state index contributed by atoms with van der Waals surface area (Å²) in [5.41, 5.74) is 2.63. The lowest BCUT2D eigenvalue weighted by molar-refractivity contribution is -0.128. The van der Waals surface area contributed by atoms with E-state index in [1.807, 2.05) is 24.3 Å². The summed E-state index contributed by atoms with van der Waals surface area (Å²) in [5.74, 6) is 3.34. The van der Waals surface area contributed by atoms with Gasteiger partial charge in [-0.1, -0.05) is 47.1 Å². The van der Waals surface area contributed by atoms with Gasteiger partial charge >= 0.3 is 0 Å². The number of halogens is 1. The summed E-state index contributed by atoms with van der Waals surface area (Å²) in [6.07, 6.45) is 12.1. The summed E-state index contributed by atoms with van der Waals surface area (Å²) in [5, 5.41) is 1.89. The fraction of sp³-hybridized carbons (Fsp3) is 0.586. The third kappa shape index (κ3) is 3.85. The number of ketones is 2. The molecule has 4 nitrogen and oxygen atoms in total. The van der Waals surface area contributed by atoms with Crippen molar-refractivity contribution in [3.05, 3.63) is 40.6 Å². The van der Waals surface area contributed by atoms with Crippen LogP contribution in [0.2, 0.25) is 0 Å². The number of rotatable bonds is 4. The number of carbonyl (C=O) groups excluding carboxylic acids is 2. The molecule has 3 fully saturated rings. The quantitative estimate of drug-likeness (QED) is 0.296. The lowest BCUT2D eigenvalue weighted by Gasteiger charge is -2.58. The van der Waals surface area contributed by atoms with Crippen molar-refractivity contribution in [2.75, 3.05) is 5.75 Å². The fourth-order valence-electron chi connectivity index (χ4n) is 8.45. The molecule has 4 aliphatic carbocycles. The van der Waals surface area contributed by atoms with E-state index in [9.17, 15) is 9.59 Å². The number of fused-ring (bicyclic) bond motifs is 6. The second-order valence-electron chi connectivity index (χ2n) is 11.7. The van der Waals surface area contributed by atoms with Crippen LogP contribution in [0.25, 0.3) is 10.9 Å². The molecule has 1 heterocycles. The van der Waals surface area contributed by atoms with Crippen LogP contribution < -0.4 is 0 Å². The molecule has 6 heteroatoms. The highest BCUT2D eigenvalue weighted by Gasteiger charge is 2.59. The Hall–Kier alpha value is -1.53. The third-order valence-electron chi connectivity index (χ3n) is 10.3. The van der Waals surface area contributed by atoms with Gasteiger partial charge in [-0.3, -0.25) is 9.59 Å². The van der Waals surface area contributed by atoms with Gasteiger partial charge in [0.1, 0.15) is 17.1 Å². The number of Topliss-reactive ketones (excluding diaryl/α,β-unsaturated/α-hetero) is 1. The first-order valence-corrected chi connectivity index (χ1v) is 14.9. The molecule has 6 unspecified atom stereocenters. The zero-order valence-corrected chi connectivity index (χ0v) is 23.0. The van der Waals surface area contributed by atoms with E-state index < -0.39 is 0 Å². The van der Waals surface area contributed by atoms with Crippen molar-refractivity contribution in [1.82, 2.24) is 9.97 Å². The van der Waals surface area contributed by atoms with Gasteiger partial charge in [0.05, 0.1) is 11.3 Å². The van der Waals surface area contributed by atoms with E-state index in [1.165, 1.54) is 24.8 Å². The van der Waals surface area contributed by atoms with Crippen LogP contribution in [0, 0.1) is 34.5 Å². The van der Waals surface area contributed by atoms with Crippen molar-refractivity contribution in [2.45, 2.75) is 70.2 Å². The first-order valence-electron chi connectivity index (χ1n) is 13.1. The average molecular weight is 554 g/mol. The second-order valence-corrected chi connectivity index (χ2v) is 13.6. The van der Waals surface area contributed by atoms with Gasteiger partial charge in [0.15, 0.2) is 5.78 Å². The Bertz CT molecular complexity index is 1240. The van der Waals surface area contributed by atoms with Crippen LogP contribution in [0.1, 0.15) is 65.2 Å². The Kier molecular flexibility index (Phi) is 5.99. The Balaban J connectivity index is 1.19. The number of carbonyl (C=O) groups is 2. The van der Waals surface area contributed by atoms with Crippen LogP contribution in [0.4, 0.5) is 0 Å². The second kappa shape index (κ2) is 8.79. The highest BCUT2D eigenvalue weighted by molar-refractivity contribution is 9.10. The lowest BCUT2D eigenvalue weighted by Crippen LogP contribution is -2.51. The van der Waals surface area contributed by atoms with Gasteiger partial charge in [0.25, 0.3) is 0 Å². The van der Waals surface area contributed by atoms with Gasteiger partial charge < -0.3 is 0 Å². The maximum atomic E-state index is 13.6.